The van der Waals surface area contributed by atoms with Crippen molar-refractivity contribution in [3.63, 3.8) is 0 Å². The second kappa shape index (κ2) is 5.58. The van der Waals surface area contributed by atoms with Crippen molar-refractivity contribution < 1.29 is 4.74 Å². The van der Waals surface area contributed by atoms with Crippen molar-refractivity contribution in [1.29, 1.82) is 0 Å². The first-order chi connectivity index (χ1) is 10.2. The molecule has 0 unspecified atom stereocenters. The zero-order valence-electron chi connectivity index (χ0n) is 12.3. The number of pyridine rings is 1. The molecular weight excluding hydrogens is 262 g/mol. The molecule has 3 rings (SSSR count). The van der Waals surface area contributed by atoms with Crippen molar-refractivity contribution in [1.82, 2.24) is 9.38 Å². The molecule has 108 valence electrons. The molecule has 2 heterocycles. The molecule has 2 N–H and O–H groups in total. The van der Waals surface area contributed by atoms with Gasteiger partial charge in [0.1, 0.15) is 11.4 Å². The summed E-state index contributed by atoms with van der Waals surface area (Å²) in [5.41, 5.74) is 11.1. The number of ether oxygens (including phenoxy) is 1. The van der Waals surface area contributed by atoms with Crippen LogP contribution in [0.4, 0.5) is 0 Å². The Morgan fingerprint density at radius 3 is 2.76 bits per heavy atom. The lowest BCUT2D eigenvalue weighted by atomic mass is 10.1. The van der Waals surface area contributed by atoms with Gasteiger partial charge in [0.2, 0.25) is 0 Å². The second-order valence-electron chi connectivity index (χ2n) is 5.04. The maximum atomic E-state index is 5.75. The first-order valence-corrected chi connectivity index (χ1v) is 7.06. The normalized spacial score (nSPS) is 11.0. The molecule has 0 spiro atoms. The van der Waals surface area contributed by atoms with Crippen LogP contribution in [-0.4, -0.2) is 23.0 Å². The van der Waals surface area contributed by atoms with E-state index in [9.17, 15) is 0 Å². The fraction of sp³-hybridized carbons (Fsp3) is 0.235. The maximum absolute atomic E-state index is 5.75. The third kappa shape index (κ3) is 2.38. The van der Waals surface area contributed by atoms with E-state index in [1.807, 2.05) is 30.3 Å². The Kier molecular flexibility index (Phi) is 3.62. The molecule has 0 fully saturated rings. The minimum atomic E-state index is 0.583. The van der Waals surface area contributed by atoms with Gasteiger partial charge in [-0.15, -0.1) is 0 Å². The summed E-state index contributed by atoms with van der Waals surface area (Å²) in [6, 6.07) is 14.2. The molecule has 1 aromatic carbocycles. The van der Waals surface area contributed by atoms with Crippen LogP contribution >= 0.6 is 0 Å². The number of aryl methyl sites for hydroxylation is 1. The van der Waals surface area contributed by atoms with E-state index in [0.29, 0.717) is 6.54 Å². The van der Waals surface area contributed by atoms with E-state index in [2.05, 4.69) is 23.5 Å². The third-order valence-electron chi connectivity index (χ3n) is 3.64. The van der Waals surface area contributed by atoms with Crippen molar-refractivity contribution in [2.45, 2.75) is 13.3 Å². The van der Waals surface area contributed by atoms with Crippen LogP contribution < -0.4 is 10.5 Å². The Morgan fingerprint density at radius 1 is 1.19 bits per heavy atom. The quantitative estimate of drug-likeness (QED) is 0.800. The molecule has 0 atom stereocenters. The molecular formula is C17H19N3O. The topological polar surface area (TPSA) is 52.5 Å². The zero-order valence-corrected chi connectivity index (χ0v) is 12.3. The fourth-order valence-corrected chi connectivity index (χ4v) is 2.68. The minimum absolute atomic E-state index is 0.583. The van der Waals surface area contributed by atoms with Crippen LogP contribution in [0.5, 0.6) is 5.75 Å². The monoisotopic (exact) mass is 281 g/mol. The number of nitrogens with zero attached hydrogens (tertiary/aromatic N) is 2. The van der Waals surface area contributed by atoms with Crippen LogP contribution in [0.3, 0.4) is 0 Å². The van der Waals surface area contributed by atoms with Gasteiger partial charge < -0.3 is 10.5 Å². The molecule has 0 amide bonds. The van der Waals surface area contributed by atoms with Gasteiger partial charge in [-0.2, -0.15) is 0 Å². The molecule has 0 saturated carbocycles. The number of hydrogen-bond donors (Lipinski definition) is 1. The average molecular weight is 281 g/mol. The average Bonchev–Trinajstić information content (AvgIpc) is 2.87. The van der Waals surface area contributed by atoms with Crippen molar-refractivity contribution in [2.24, 2.45) is 5.73 Å². The number of aromatic nitrogens is 2. The summed E-state index contributed by atoms with van der Waals surface area (Å²) in [5, 5.41) is 0. The molecule has 4 heteroatoms. The van der Waals surface area contributed by atoms with E-state index < -0.39 is 0 Å². The minimum Gasteiger partial charge on any atom is -0.497 e. The van der Waals surface area contributed by atoms with Crippen LogP contribution in [0.1, 0.15) is 11.4 Å². The lowest BCUT2D eigenvalue weighted by Gasteiger charge is -2.09. The van der Waals surface area contributed by atoms with Gasteiger partial charge in [-0.25, -0.2) is 4.98 Å². The number of benzene rings is 1. The first-order valence-electron chi connectivity index (χ1n) is 7.06. The van der Waals surface area contributed by atoms with Gasteiger partial charge in [0.25, 0.3) is 0 Å². The Morgan fingerprint density at radius 2 is 2.00 bits per heavy atom. The molecule has 0 bridgehead atoms. The largest absolute Gasteiger partial charge is 0.497 e. The standard InChI is InChI=1S/C17H19N3O/c1-12-5-3-8-16-19-15(9-10-18)17(20(12)16)13-6-4-7-14(11-13)21-2/h3-8,11H,9-10,18H2,1-2H3. The van der Waals surface area contributed by atoms with Crippen LogP contribution in [0.25, 0.3) is 16.9 Å². The second-order valence-corrected chi connectivity index (χ2v) is 5.04. The van der Waals surface area contributed by atoms with Gasteiger partial charge >= 0.3 is 0 Å². The van der Waals surface area contributed by atoms with Crippen molar-refractivity contribution in [3.8, 4) is 17.0 Å². The van der Waals surface area contributed by atoms with Gasteiger partial charge in [0.05, 0.1) is 18.5 Å². The Labute approximate surface area is 124 Å². The number of fused-ring (bicyclic) bond motifs is 1. The lowest BCUT2D eigenvalue weighted by Crippen LogP contribution is -2.04. The first kappa shape index (κ1) is 13.6. The molecule has 0 aliphatic heterocycles. The summed E-state index contributed by atoms with van der Waals surface area (Å²) in [7, 11) is 1.68. The van der Waals surface area contributed by atoms with Gasteiger partial charge in [0.15, 0.2) is 0 Å². The predicted octanol–water partition coefficient (Wildman–Crippen LogP) is 2.82. The Balaban J connectivity index is 2.30. The van der Waals surface area contributed by atoms with Gasteiger partial charge in [-0.1, -0.05) is 18.2 Å². The van der Waals surface area contributed by atoms with Crippen LogP contribution in [0.2, 0.25) is 0 Å². The summed E-state index contributed by atoms with van der Waals surface area (Å²) in [6.45, 7) is 2.67. The lowest BCUT2D eigenvalue weighted by molar-refractivity contribution is 0.415. The summed E-state index contributed by atoms with van der Waals surface area (Å²) < 4.78 is 7.52. The highest BCUT2D eigenvalue weighted by atomic mass is 16.5. The number of methoxy groups -OCH3 is 1. The molecule has 0 aliphatic carbocycles. The highest BCUT2D eigenvalue weighted by molar-refractivity contribution is 5.69. The van der Waals surface area contributed by atoms with E-state index in [1.54, 1.807) is 7.11 Å². The van der Waals surface area contributed by atoms with E-state index in [4.69, 9.17) is 15.5 Å². The van der Waals surface area contributed by atoms with Crippen LogP contribution in [0, 0.1) is 6.92 Å². The van der Waals surface area contributed by atoms with E-state index >= 15 is 0 Å². The molecule has 0 saturated heterocycles. The molecule has 4 nitrogen and oxygen atoms in total. The SMILES string of the molecule is COc1cccc(-c2c(CCN)nc3cccc(C)n23)c1. The number of hydrogen-bond acceptors (Lipinski definition) is 3. The molecule has 0 radical (unpaired) electrons. The van der Waals surface area contributed by atoms with Gasteiger partial charge in [-0.3, -0.25) is 4.40 Å². The number of rotatable bonds is 4. The Hall–Kier alpha value is -2.33. The Bertz CT molecular complexity index is 777. The van der Waals surface area contributed by atoms with Gasteiger partial charge in [0, 0.05) is 17.7 Å². The van der Waals surface area contributed by atoms with Crippen LogP contribution in [0.15, 0.2) is 42.5 Å². The highest BCUT2D eigenvalue weighted by Crippen LogP contribution is 2.29. The molecule has 3 aromatic rings. The third-order valence-corrected chi connectivity index (χ3v) is 3.64. The smallest absolute Gasteiger partial charge is 0.137 e. The predicted molar refractivity (Wildman–Crippen MR) is 84.7 cm³/mol. The fourth-order valence-electron chi connectivity index (χ4n) is 2.68. The van der Waals surface area contributed by atoms with E-state index in [0.717, 1.165) is 40.5 Å². The summed E-state index contributed by atoms with van der Waals surface area (Å²) in [4.78, 5) is 4.74. The van der Waals surface area contributed by atoms with Crippen LogP contribution in [-0.2, 0) is 6.42 Å². The summed E-state index contributed by atoms with van der Waals surface area (Å²) >= 11 is 0. The summed E-state index contributed by atoms with van der Waals surface area (Å²) in [5.74, 6) is 0.842. The van der Waals surface area contributed by atoms with Crippen molar-refractivity contribution in [3.05, 3.63) is 53.9 Å². The summed E-state index contributed by atoms with van der Waals surface area (Å²) in [6.07, 6.45) is 0.758. The zero-order chi connectivity index (χ0) is 14.8. The molecule has 21 heavy (non-hydrogen) atoms. The highest BCUT2D eigenvalue weighted by Gasteiger charge is 2.15. The number of imidazole rings is 1. The molecule has 0 aliphatic rings. The van der Waals surface area contributed by atoms with Crippen molar-refractivity contribution >= 4 is 5.65 Å². The number of nitrogens with two attached hydrogens (primary N) is 1. The van der Waals surface area contributed by atoms with E-state index in [-0.39, 0.29) is 0 Å². The van der Waals surface area contributed by atoms with Crippen molar-refractivity contribution in [2.75, 3.05) is 13.7 Å². The molecule has 2 aromatic heterocycles. The van der Waals surface area contributed by atoms with Gasteiger partial charge in [-0.05, 0) is 37.7 Å². The van der Waals surface area contributed by atoms with E-state index in [1.165, 1.54) is 0 Å². The maximum Gasteiger partial charge on any atom is 0.137 e.